The molecule has 0 saturated heterocycles. The van der Waals surface area contributed by atoms with E-state index in [1.54, 1.807) is 11.8 Å². The molecule has 1 aromatic heterocycles. The monoisotopic (exact) mass is 275 g/mol. The predicted molar refractivity (Wildman–Crippen MR) is 82.2 cm³/mol. The largest absolute Gasteiger partial charge is 0.242 e. The number of hydrogen-bond acceptors (Lipinski definition) is 3. The average Bonchev–Trinajstić information content (AvgIpc) is 2.89. The zero-order valence-corrected chi connectivity index (χ0v) is 12.5. The van der Waals surface area contributed by atoms with Crippen LogP contribution in [0, 0.1) is 0 Å². The van der Waals surface area contributed by atoms with E-state index in [9.17, 15) is 0 Å². The molecule has 2 aromatic rings. The van der Waals surface area contributed by atoms with Crippen LogP contribution < -0.4 is 0 Å². The Bertz CT molecular complexity index is 490. The fourth-order valence-electron chi connectivity index (χ4n) is 2.05. The molecule has 2 rings (SSSR count). The lowest BCUT2D eigenvalue weighted by molar-refractivity contribution is 0.702. The summed E-state index contributed by atoms with van der Waals surface area (Å²) in [5.74, 6) is 0.849. The normalized spacial score (nSPS) is 10.8. The highest BCUT2D eigenvalue weighted by atomic mass is 32.2. The fraction of sp³-hybridized carbons (Fsp3) is 0.467. The molecule has 0 aliphatic carbocycles. The average molecular weight is 275 g/mol. The SMILES string of the molecule is CCCCCc1ccc(-c2cn(CSC)nn2)cc1. The first-order valence-electron chi connectivity index (χ1n) is 6.82. The zero-order chi connectivity index (χ0) is 13.5. The van der Waals surface area contributed by atoms with Gasteiger partial charge in [-0.05, 0) is 24.7 Å². The Balaban J connectivity index is 2.00. The van der Waals surface area contributed by atoms with E-state index >= 15 is 0 Å². The van der Waals surface area contributed by atoms with Crippen LogP contribution in [0.25, 0.3) is 11.3 Å². The van der Waals surface area contributed by atoms with Gasteiger partial charge in [0.05, 0.1) is 12.1 Å². The Morgan fingerprint density at radius 1 is 1.16 bits per heavy atom. The minimum Gasteiger partial charge on any atom is -0.242 e. The Morgan fingerprint density at radius 2 is 1.95 bits per heavy atom. The zero-order valence-electron chi connectivity index (χ0n) is 11.7. The first-order valence-corrected chi connectivity index (χ1v) is 8.21. The van der Waals surface area contributed by atoms with Crippen molar-refractivity contribution in [3.63, 3.8) is 0 Å². The number of unbranched alkanes of at least 4 members (excludes halogenated alkanes) is 2. The third kappa shape index (κ3) is 4.10. The summed E-state index contributed by atoms with van der Waals surface area (Å²) in [6.07, 6.45) is 9.10. The van der Waals surface area contributed by atoms with Crippen LogP contribution in [0.3, 0.4) is 0 Å². The van der Waals surface area contributed by atoms with Gasteiger partial charge in [0.15, 0.2) is 0 Å². The Labute approximate surface area is 119 Å². The van der Waals surface area contributed by atoms with Crippen molar-refractivity contribution in [2.45, 2.75) is 38.5 Å². The molecule has 0 saturated carbocycles. The van der Waals surface area contributed by atoms with Crippen molar-refractivity contribution in [3.8, 4) is 11.3 Å². The van der Waals surface area contributed by atoms with Crippen LogP contribution in [0.15, 0.2) is 30.5 Å². The van der Waals surface area contributed by atoms with E-state index in [0.717, 1.165) is 17.1 Å². The summed E-state index contributed by atoms with van der Waals surface area (Å²) >= 11 is 1.74. The number of rotatable bonds is 7. The van der Waals surface area contributed by atoms with Crippen LogP contribution in [0.2, 0.25) is 0 Å². The molecule has 4 heteroatoms. The standard InChI is InChI=1S/C15H21N3S/c1-3-4-5-6-13-7-9-14(10-8-13)15-11-18(12-19-2)17-16-15/h7-11H,3-6,12H2,1-2H3. The van der Waals surface area contributed by atoms with Gasteiger partial charge in [0, 0.05) is 5.56 Å². The van der Waals surface area contributed by atoms with E-state index in [1.807, 2.05) is 10.9 Å². The van der Waals surface area contributed by atoms with Gasteiger partial charge in [-0.1, -0.05) is 49.2 Å². The summed E-state index contributed by atoms with van der Waals surface area (Å²) in [4.78, 5) is 0. The summed E-state index contributed by atoms with van der Waals surface area (Å²) in [5.41, 5.74) is 3.51. The van der Waals surface area contributed by atoms with Gasteiger partial charge in [0.25, 0.3) is 0 Å². The molecule has 0 unspecified atom stereocenters. The van der Waals surface area contributed by atoms with Crippen molar-refractivity contribution in [1.82, 2.24) is 15.0 Å². The van der Waals surface area contributed by atoms with Crippen molar-refractivity contribution in [3.05, 3.63) is 36.0 Å². The number of benzene rings is 1. The molecular formula is C15H21N3S. The van der Waals surface area contributed by atoms with Crippen LogP contribution in [0.5, 0.6) is 0 Å². The second-order valence-electron chi connectivity index (χ2n) is 4.72. The molecule has 0 aliphatic heterocycles. The molecule has 1 heterocycles. The van der Waals surface area contributed by atoms with Gasteiger partial charge in [-0.25, -0.2) is 4.68 Å². The lowest BCUT2D eigenvalue weighted by Gasteiger charge is -2.02. The summed E-state index contributed by atoms with van der Waals surface area (Å²) in [6, 6.07) is 8.71. The van der Waals surface area contributed by atoms with Gasteiger partial charge in [-0.3, -0.25) is 0 Å². The molecule has 0 fully saturated rings. The van der Waals surface area contributed by atoms with E-state index in [-0.39, 0.29) is 0 Å². The smallest absolute Gasteiger partial charge is 0.113 e. The van der Waals surface area contributed by atoms with E-state index in [1.165, 1.54) is 31.2 Å². The fourth-order valence-corrected chi connectivity index (χ4v) is 2.44. The highest BCUT2D eigenvalue weighted by Crippen LogP contribution is 2.18. The van der Waals surface area contributed by atoms with Crippen molar-refractivity contribution >= 4 is 11.8 Å². The van der Waals surface area contributed by atoms with Crippen molar-refractivity contribution in [2.24, 2.45) is 0 Å². The maximum Gasteiger partial charge on any atom is 0.113 e. The van der Waals surface area contributed by atoms with Crippen LogP contribution in [-0.2, 0) is 12.3 Å². The Kier molecular flexibility index (Phi) is 5.45. The lowest BCUT2D eigenvalue weighted by atomic mass is 10.0. The maximum absolute atomic E-state index is 4.21. The third-order valence-corrected chi connectivity index (χ3v) is 3.64. The predicted octanol–water partition coefficient (Wildman–Crippen LogP) is 4.00. The first-order chi connectivity index (χ1) is 9.33. The second kappa shape index (κ2) is 7.34. The molecule has 0 aliphatic rings. The number of nitrogens with zero attached hydrogens (tertiary/aromatic N) is 3. The Hall–Kier alpha value is -1.29. The molecule has 0 atom stereocenters. The van der Waals surface area contributed by atoms with Gasteiger partial charge in [0.1, 0.15) is 5.69 Å². The summed E-state index contributed by atoms with van der Waals surface area (Å²) in [5, 5.41) is 8.32. The highest BCUT2D eigenvalue weighted by molar-refractivity contribution is 7.97. The minimum absolute atomic E-state index is 0.849. The van der Waals surface area contributed by atoms with Gasteiger partial charge < -0.3 is 0 Å². The van der Waals surface area contributed by atoms with E-state index < -0.39 is 0 Å². The topological polar surface area (TPSA) is 30.7 Å². The Morgan fingerprint density at radius 3 is 2.63 bits per heavy atom. The highest BCUT2D eigenvalue weighted by Gasteiger charge is 2.03. The van der Waals surface area contributed by atoms with Crippen LogP contribution in [-0.4, -0.2) is 21.2 Å². The van der Waals surface area contributed by atoms with Gasteiger partial charge in [-0.15, -0.1) is 16.9 Å². The number of aromatic nitrogens is 3. The maximum atomic E-state index is 4.21. The summed E-state index contributed by atoms with van der Waals surface area (Å²) in [7, 11) is 0. The number of thioether (sulfide) groups is 1. The minimum atomic E-state index is 0.849. The molecule has 102 valence electrons. The lowest BCUT2D eigenvalue weighted by Crippen LogP contribution is -1.93. The molecule has 3 nitrogen and oxygen atoms in total. The van der Waals surface area contributed by atoms with Gasteiger partial charge in [-0.2, -0.15) is 0 Å². The number of aryl methyl sites for hydroxylation is 1. The van der Waals surface area contributed by atoms with Gasteiger partial charge in [0.2, 0.25) is 0 Å². The summed E-state index contributed by atoms with van der Waals surface area (Å²) in [6.45, 7) is 2.24. The molecule has 0 spiro atoms. The van der Waals surface area contributed by atoms with E-state index in [4.69, 9.17) is 0 Å². The molecule has 0 radical (unpaired) electrons. The van der Waals surface area contributed by atoms with E-state index in [2.05, 4.69) is 47.8 Å². The summed E-state index contributed by atoms with van der Waals surface area (Å²) < 4.78 is 1.87. The van der Waals surface area contributed by atoms with Crippen LogP contribution >= 0.6 is 11.8 Å². The molecule has 19 heavy (non-hydrogen) atoms. The van der Waals surface area contributed by atoms with Crippen LogP contribution in [0.4, 0.5) is 0 Å². The van der Waals surface area contributed by atoms with Crippen molar-refractivity contribution < 1.29 is 0 Å². The van der Waals surface area contributed by atoms with Crippen molar-refractivity contribution in [2.75, 3.05) is 6.26 Å². The number of hydrogen-bond donors (Lipinski definition) is 0. The van der Waals surface area contributed by atoms with Gasteiger partial charge >= 0.3 is 0 Å². The molecular weight excluding hydrogens is 254 g/mol. The molecule has 1 aromatic carbocycles. The molecule has 0 bridgehead atoms. The quantitative estimate of drug-likeness (QED) is 0.716. The first kappa shape index (κ1) is 14.1. The second-order valence-corrected chi connectivity index (χ2v) is 5.55. The van der Waals surface area contributed by atoms with Crippen LogP contribution in [0.1, 0.15) is 31.7 Å². The van der Waals surface area contributed by atoms with Crippen molar-refractivity contribution in [1.29, 1.82) is 0 Å². The molecule has 0 amide bonds. The molecule has 0 N–H and O–H groups in total. The third-order valence-electron chi connectivity index (χ3n) is 3.12. The van der Waals surface area contributed by atoms with E-state index in [0.29, 0.717) is 0 Å².